The van der Waals surface area contributed by atoms with Gasteiger partial charge in [-0.2, -0.15) is 13.2 Å². The summed E-state index contributed by atoms with van der Waals surface area (Å²) >= 11 is 0. The molecule has 0 aliphatic rings. The molecule has 3 nitrogen and oxygen atoms in total. The first kappa shape index (κ1) is 16.1. The maximum absolute atomic E-state index is 12.0. The molecule has 0 fully saturated rings. The van der Waals surface area contributed by atoms with Crippen molar-refractivity contribution in [3.63, 3.8) is 0 Å². The highest BCUT2D eigenvalue weighted by Crippen LogP contribution is 2.50. The van der Waals surface area contributed by atoms with Gasteiger partial charge in [0.2, 0.25) is 7.37 Å². The van der Waals surface area contributed by atoms with E-state index in [2.05, 4.69) is 0 Å². The minimum absolute atomic E-state index is 0. The Bertz CT molecular complexity index is 193. The van der Waals surface area contributed by atoms with Gasteiger partial charge in [0.15, 0.2) is 0 Å². The monoisotopic (exact) mass is 333 g/mol. The lowest BCUT2D eigenvalue weighted by Gasteiger charge is -2.21. The van der Waals surface area contributed by atoms with E-state index in [1.54, 1.807) is 0 Å². The molecule has 0 bridgehead atoms. The first-order valence-corrected chi connectivity index (χ1v) is 5.44. The maximum Gasteiger partial charge on any atom is 0.400 e. The van der Waals surface area contributed by atoms with Crippen LogP contribution in [0.3, 0.4) is 0 Å². The van der Waals surface area contributed by atoms with Crippen molar-refractivity contribution in [2.75, 3.05) is 13.2 Å². The van der Waals surface area contributed by atoms with E-state index in [0.29, 0.717) is 6.66 Å². The van der Waals surface area contributed by atoms with E-state index in [9.17, 15) is 17.7 Å². The van der Waals surface area contributed by atoms with Gasteiger partial charge in [0.25, 0.3) is 0 Å². The minimum Gasteiger partial charge on any atom is -0.344 e. The van der Waals surface area contributed by atoms with Gasteiger partial charge in [-0.3, -0.25) is 4.57 Å². The zero-order chi connectivity index (χ0) is 9.99. The Hall–Kier alpha value is 0.670. The van der Waals surface area contributed by atoms with Gasteiger partial charge in [-0.1, -0.05) is 0 Å². The number of halogens is 4. The van der Waals surface area contributed by atoms with Crippen molar-refractivity contribution in [2.24, 2.45) is 5.73 Å². The summed E-state index contributed by atoms with van der Waals surface area (Å²) in [4.78, 5) is 8.72. The highest BCUT2D eigenvalue weighted by atomic mass is 127. The fraction of sp³-hybridized carbons (Fsp3) is 1.00. The molecule has 0 aliphatic carbocycles. The molecule has 0 amide bonds. The molecular formula is C5H12F3INO2P. The summed E-state index contributed by atoms with van der Waals surface area (Å²) in [6, 6.07) is 0. The summed E-state index contributed by atoms with van der Waals surface area (Å²) < 4.78 is 46.8. The average molecular weight is 333 g/mol. The summed E-state index contributed by atoms with van der Waals surface area (Å²) in [5, 5.41) is 0. The molecule has 2 atom stereocenters. The van der Waals surface area contributed by atoms with Gasteiger partial charge in [0, 0.05) is 6.66 Å². The predicted octanol–water partition coefficient (Wildman–Crippen LogP) is 1.78. The van der Waals surface area contributed by atoms with Crippen molar-refractivity contribution in [3.05, 3.63) is 0 Å². The van der Waals surface area contributed by atoms with Crippen molar-refractivity contribution in [1.82, 2.24) is 0 Å². The van der Waals surface area contributed by atoms with Crippen LogP contribution in [-0.2, 0) is 4.57 Å². The normalized spacial score (nSPS) is 18.6. The van der Waals surface area contributed by atoms with E-state index in [4.69, 9.17) is 10.6 Å². The third-order valence-corrected chi connectivity index (χ3v) is 3.10. The van der Waals surface area contributed by atoms with Crippen LogP contribution in [0, 0.1) is 0 Å². The first-order chi connectivity index (χ1) is 5.19. The summed E-state index contributed by atoms with van der Waals surface area (Å²) in [7, 11) is -4.12. The molecular weight excluding hydrogens is 321 g/mol. The van der Waals surface area contributed by atoms with Crippen molar-refractivity contribution in [2.45, 2.75) is 18.3 Å². The number of nitrogens with two attached hydrogens (primary N) is 1. The molecule has 0 saturated carbocycles. The molecule has 0 aliphatic heterocycles. The quantitative estimate of drug-likeness (QED) is 0.611. The molecule has 0 saturated heterocycles. The summed E-state index contributed by atoms with van der Waals surface area (Å²) in [6.45, 7) is 0.448. The molecule has 82 valence electrons. The van der Waals surface area contributed by atoms with Gasteiger partial charge < -0.3 is 10.6 Å². The molecule has 0 heterocycles. The number of alkyl halides is 3. The number of hydrogen-bond donors (Lipinski definition) is 2. The molecule has 0 aromatic heterocycles. The van der Waals surface area contributed by atoms with Crippen LogP contribution in [0.25, 0.3) is 0 Å². The highest BCUT2D eigenvalue weighted by Gasteiger charge is 2.47. The second-order valence-electron chi connectivity index (χ2n) is 2.58. The van der Waals surface area contributed by atoms with E-state index in [1.165, 1.54) is 0 Å². The van der Waals surface area contributed by atoms with Crippen LogP contribution in [-0.4, -0.2) is 29.9 Å². The zero-order valence-corrected chi connectivity index (χ0v) is 10.1. The van der Waals surface area contributed by atoms with Crippen molar-refractivity contribution in [3.8, 4) is 0 Å². The lowest BCUT2D eigenvalue weighted by Crippen LogP contribution is -2.30. The van der Waals surface area contributed by atoms with Crippen LogP contribution in [0.2, 0.25) is 0 Å². The Labute approximate surface area is 91.3 Å². The van der Waals surface area contributed by atoms with Crippen LogP contribution in [0.1, 0.15) is 6.42 Å². The molecule has 0 rings (SSSR count). The molecule has 0 aromatic rings. The van der Waals surface area contributed by atoms with Crippen LogP contribution in [0.4, 0.5) is 13.2 Å². The van der Waals surface area contributed by atoms with Gasteiger partial charge in [-0.25, -0.2) is 0 Å². The van der Waals surface area contributed by atoms with Gasteiger partial charge in [-0.05, 0) is 13.0 Å². The SMILES string of the molecule is CP(=O)(O)C(CCN)C(F)(F)F.I. The van der Waals surface area contributed by atoms with E-state index in [0.717, 1.165) is 0 Å². The van der Waals surface area contributed by atoms with Gasteiger partial charge in [0.05, 0.1) is 0 Å². The average Bonchev–Trinajstić information content (AvgIpc) is 1.77. The molecule has 8 heteroatoms. The largest absolute Gasteiger partial charge is 0.400 e. The molecule has 13 heavy (non-hydrogen) atoms. The van der Waals surface area contributed by atoms with Crippen molar-refractivity contribution < 1.29 is 22.6 Å². The van der Waals surface area contributed by atoms with Crippen molar-refractivity contribution >= 4 is 31.3 Å². The van der Waals surface area contributed by atoms with Gasteiger partial charge in [0.1, 0.15) is 5.66 Å². The Morgan fingerprint density at radius 3 is 2.00 bits per heavy atom. The molecule has 0 radical (unpaired) electrons. The summed E-state index contributed by atoms with van der Waals surface area (Å²) in [5.74, 6) is 0. The molecule has 3 N–H and O–H groups in total. The minimum atomic E-state index is -4.64. The van der Waals surface area contributed by atoms with E-state index in [1.807, 2.05) is 0 Å². The van der Waals surface area contributed by atoms with E-state index < -0.39 is 25.6 Å². The van der Waals surface area contributed by atoms with Crippen LogP contribution < -0.4 is 5.73 Å². The molecule has 0 aromatic carbocycles. The fourth-order valence-electron chi connectivity index (χ4n) is 0.833. The van der Waals surface area contributed by atoms with Gasteiger partial charge in [-0.15, -0.1) is 24.0 Å². The van der Waals surface area contributed by atoms with Crippen LogP contribution in [0.5, 0.6) is 0 Å². The fourth-order valence-corrected chi connectivity index (χ4v) is 2.00. The third-order valence-electron chi connectivity index (χ3n) is 1.40. The second-order valence-corrected chi connectivity index (χ2v) is 5.09. The van der Waals surface area contributed by atoms with E-state index in [-0.39, 0.29) is 30.5 Å². The van der Waals surface area contributed by atoms with Crippen LogP contribution in [0.15, 0.2) is 0 Å². The number of hydrogen-bond acceptors (Lipinski definition) is 2. The smallest absolute Gasteiger partial charge is 0.344 e. The lowest BCUT2D eigenvalue weighted by atomic mass is 10.3. The van der Waals surface area contributed by atoms with E-state index >= 15 is 0 Å². The highest BCUT2D eigenvalue weighted by molar-refractivity contribution is 14.0. The molecule has 0 spiro atoms. The Balaban J connectivity index is 0. The van der Waals surface area contributed by atoms with Gasteiger partial charge >= 0.3 is 6.18 Å². The third kappa shape index (κ3) is 5.87. The first-order valence-electron chi connectivity index (χ1n) is 3.26. The van der Waals surface area contributed by atoms with Crippen molar-refractivity contribution in [1.29, 1.82) is 0 Å². The zero-order valence-electron chi connectivity index (χ0n) is 6.91. The topological polar surface area (TPSA) is 63.3 Å². The lowest BCUT2D eigenvalue weighted by molar-refractivity contribution is -0.132. The summed E-state index contributed by atoms with van der Waals surface area (Å²) in [6.07, 6.45) is -5.15. The predicted molar refractivity (Wildman–Crippen MR) is 54.7 cm³/mol. The number of rotatable bonds is 3. The Kier molecular flexibility index (Phi) is 6.85. The summed E-state index contributed by atoms with van der Waals surface area (Å²) in [5.41, 5.74) is 2.71. The van der Waals surface area contributed by atoms with Crippen LogP contribution >= 0.6 is 31.3 Å². The Morgan fingerprint density at radius 2 is 1.92 bits per heavy atom. The maximum atomic E-state index is 12.0. The Morgan fingerprint density at radius 1 is 1.54 bits per heavy atom. The standard InChI is InChI=1S/C5H11F3NO2P.HI/c1-12(10,11)4(2-3-9)5(6,7)8;/h4H,2-3,9H2,1H3,(H,10,11);1H. The second kappa shape index (κ2) is 5.53. The molecule has 2 unspecified atom stereocenters.